The number of hydrogen-bond acceptors (Lipinski definition) is 6. The molecule has 0 amide bonds. The van der Waals surface area contributed by atoms with Crippen molar-refractivity contribution >= 4 is 33.3 Å². The van der Waals surface area contributed by atoms with Crippen LogP contribution in [0.15, 0.2) is 23.4 Å². The van der Waals surface area contributed by atoms with Crippen LogP contribution in [0.1, 0.15) is 23.8 Å². The lowest BCUT2D eigenvalue weighted by molar-refractivity contribution is -0.126. The maximum absolute atomic E-state index is 14.0. The molecule has 0 saturated carbocycles. The number of oxime groups is 1. The summed E-state index contributed by atoms with van der Waals surface area (Å²) in [5, 5.41) is 19.7. The predicted molar refractivity (Wildman–Crippen MR) is 107 cm³/mol. The van der Waals surface area contributed by atoms with Gasteiger partial charge in [0.1, 0.15) is 12.8 Å². The van der Waals surface area contributed by atoms with Crippen molar-refractivity contribution < 1.29 is 27.5 Å². The number of hydrogen-bond donors (Lipinski definition) is 3. The van der Waals surface area contributed by atoms with E-state index >= 15 is 0 Å². The molecule has 29 heavy (non-hydrogen) atoms. The van der Waals surface area contributed by atoms with E-state index in [1.807, 2.05) is 0 Å². The molecule has 5 nitrogen and oxygen atoms in total. The van der Waals surface area contributed by atoms with Crippen molar-refractivity contribution in [3.8, 4) is 0 Å². The second kappa shape index (κ2) is 9.27. The quantitative estimate of drug-likeness (QED) is 0.336. The molecule has 1 fully saturated rings. The van der Waals surface area contributed by atoms with Crippen LogP contribution in [0, 0.1) is 0 Å². The van der Waals surface area contributed by atoms with Gasteiger partial charge in [-0.3, -0.25) is 0 Å². The van der Waals surface area contributed by atoms with Crippen molar-refractivity contribution in [2.24, 2.45) is 5.16 Å². The number of alkyl halides is 4. The predicted octanol–water partition coefficient (Wildman–Crippen LogP) is 3.85. The Morgan fingerprint density at radius 3 is 2.86 bits per heavy atom. The number of rotatable bonds is 8. The second-order valence-electron chi connectivity index (χ2n) is 6.94. The maximum atomic E-state index is 14.0. The molecule has 2 heterocycles. The topological polar surface area (TPSA) is 65.9 Å². The Morgan fingerprint density at radius 1 is 1.41 bits per heavy atom. The molecule has 1 aliphatic rings. The summed E-state index contributed by atoms with van der Waals surface area (Å²) < 4.78 is 54.1. The number of thiophene rings is 1. The van der Waals surface area contributed by atoms with Gasteiger partial charge in [-0.15, -0.1) is 11.3 Å². The summed E-state index contributed by atoms with van der Waals surface area (Å²) >= 11 is 1.14. The number of aliphatic hydroxyl groups excluding tert-OH is 1. The van der Waals surface area contributed by atoms with Crippen LogP contribution in [-0.4, -0.2) is 55.5 Å². The van der Waals surface area contributed by atoms with Gasteiger partial charge in [0.15, 0.2) is 0 Å². The minimum absolute atomic E-state index is 0.0358. The zero-order valence-corrected chi connectivity index (χ0v) is 16.6. The van der Waals surface area contributed by atoms with Gasteiger partial charge in [0.2, 0.25) is 0 Å². The zero-order valence-electron chi connectivity index (χ0n) is 15.8. The van der Waals surface area contributed by atoms with Gasteiger partial charge in [0.05, 0.1) is 40.0 Å². The fourth-order valence-electron chi connectivity index (χ4n) is 3.11. The molecule has 3 rings (SSSR count). The highest BCUT2D eigenvalue weighted by molar-refractivity contribution is 7.21. The molecule has 3 N–H and O–H groups in total. The van der Waals surface area contributed by atoms with Crippen molar-refractivity contribution in [3.05, 3.63) is 28.6 Å². The Labute approximate surface area is 169 Å². The highest BCUT2D eigenvalue weighted by Crippen LogP contribution is 2.39. The highest BCUT2D eigenvalue weighted by Gasteiger charge is 2.32. The van der Waals surface area contributed by atoms with E-state index in [9.17, 15) is 22.7 Å². The number of fused-ring (bicyclic) bond motifs is 1. The van der Waals surface area contributed by atoms with E-state index in [4.69, 9.17) is 4.84 Å². The maximum Gasteiger partial charge on any atom is 0.393 e. The number of benzene rings is 1. The SMILES string of the molecule is CC[C@H](O)CO/N=C/c1sc2c(N[C@@H]3CNC[C@@H]3F)cccc2c1CC(F)(F)F. The molecule has 0 unspecified atom stereocenters. The fraction of sp³-hybridized carbons (Fsp3) is 0.526. The molecule has 1 saturated heterocycles. The van der Waals surface area contributed by atoms with Crippen molar-refractivity contribution in [3.63, 3.8) is 0 Å². The molecule has 2 aromatic rings. The third kappa shape index (κ3) is 5.58. The van der Waals surface area contributed by atoms with E-state index in [0.29, 0.717) is 33.6 Å². The van der Waals surface area contributed by atoms with Crippen molar-refractivity contribution in [2.45, 2.75) is 44.3 Å². The normalized spacial score (nSPS) is 21.2. The third-order valence-electron chi connectivity index (χ3n) is 4.69. The van der Waals surface area contributed by atoms with Gasteiger partial charge < -0.3 is 20.6 Å². The lowest BCUT2D eigenvalue weighted by Gasteiger charge is -2.16. The van der Waals surface area contributed by atoms with Crippen LogP contribution in [-0.2, 0) is 11.3 Å². The zero-order chi connectivity index (χ0) is 21.0. The molecular formula is C19H23F4N3O2S. The third-order valence-corrected chi connectivity index (χ3v) is 5.91. The lowest BCUT2D eigenvalue weighted by Crippen LogP contribution is -2.29. The monoisotopic (exact) mass is 433 g/mol. The molecule has 3 atom stereocenters. The van der Waals surface area contributed by atoms with E-state index < -0.39 is 30.9 Å². The minimum Gasteiger partial charge on any atom is -0.393 e. The summed E-state index contributed by atoms with van der Waals surface area (Å²) in [7, 11) is 0. The fourth-order valence-corrected chi connectivity index (χ4v) is 4.27. The number of aliphatic hydroxyl groups is 1. The Kier molecular flexibility index (Phi) is 6.97. The summed E-state index contributed by atoms with van der Waals surface area (Å²) in [5.74, 6) is 0. The van der Waals surface area contributed by atoms with E-state index in [1.165, 1.54) is 6.21 Å². The molecule has 160 valence electrons. The second-order valence-corrected chi connectivity index (χ2v) is 7.99. The van der Waals surface area contributed by atoms with Gasteiger partial charge in [-0.2, -0.15) is 13.2 Å². The summed E-state index contributed by atoms with van der Waals surface area (Å²) in [4.78, 5) is 5.31. The first-order valence-corrected chi connectivity index (χ1v) is 10.2. The van der Waals surface area contributed by atoms with E-state index in [1.54, 1.807) is 25.1 Å². The molecular weight excluding hydrogens is 410 g/mol. The van der Waals surface area contributed by atoms with Crippen molar-refractivity contribution in [2.75, 3.05) is 25.0 Å². The van der Waals surface area contributed by atoms with Gasteiger partial charge in [-0.1, -0.05) is 24.2 Å². The number of nitrogens with zero attached hydrogens (tertiary/aromatic N) is 1. The molecule has 1 aromatic carbocycles. The van der Waals surface area contributed by atoms with Crippen LogP contribution >= 0.6 is 11.3 Å². The molecule has 0 bridgehead atoms. The summed E-state index contributed by atoms with van der Waals surface area (Å²) in [5.41, 5.74) is 0.695. The summed E-state index contributed by atoms with van der Waals surface area (Å²) in [6.45, 7) is 2.43. The Bertz CT molecular complexity index is 856. The Morgan fingerprint density at radius 2 is 2.21 bits per heavy atom. The van der Waals surface area contributed by atoms with Gasteiger partial charge in [-0.25, -0.2) is 4.39 Å². The molecule has 0 radical (unpaired) electrons. The van der Waals surface area contributed by atoms with Crippen LogP contribution in [0.5, 0.6) is 0 Å². The van der Waals surface area contributed by atoms with Crippen LogP contribution < -0.4 is 10.6 Å². The van der Waals surface area contributed by atoms with Gasteiger partial charge in [-0.05, 0) is 23.4 Å². The van der Waals surface area contributed by atoms with E-state index in [0.717, 1.165) is 11.3 Å². The first kappa shape index (κ1) is 21.8. The van der Waals surface area contributed by atoms with Crippen LogP contribution in [0.4, 0.5) is 23.2 Å². The molecule has 0 spiro atoms. The average molecular weight is 433 g/mol. The highest BCUT2D eigenvalue weighted by atomic mass is 32.1. The minimum atomic E-state index is -4.39. The molecule has 1 aromatic heterocycles. The first-order chi connectivity index (χ1) is 13.8. The van der Waals surface area contributed by atoms with Gasteiger partial charge in [0.25, 0.3) is 0 Å². The standard InChI is InChI=1S/C19H23F4N3O2S/c1-2-11(27)10-28-25-9-17-13(6-19(21,22)23)12-4-3-5-15(18(12)29-17)26-16-8-24-7-14(16)20/h3-5,9,11,14,16,24,26-27H,2,6-8,10H2,1H3/b25-9+/t11-,14-,16+/m0/s1. The molecule has 1 aliphatic heterocycles. The van der Waals surface area contributed by atoms with Crippen molar-refractivity contribution in [1.29, 1.82) is 0 Å². The van der Waals surface area contributed by atoms with E-state index in [2.05, 4.69) is 15.8 Å². The van der Waals surface area contributed by atoms with Crippen LogP contribution in [0.3, 0.4) is 0 Å². The summed E-state index contributed by atoms with van der Waals surface area (Å²) in [6, 6.07) is 4.57. The summed E-state index contributed by atoms with van der Waals surface area (Å²) in [6.07, 6.45) is -5.52. The van der Waals surface area contributed by atoms with Crippen LogP contribution in [0.25, 0.3) is 10.1 Å². The smallest absolute Gasteiger partial charge is 0.393 e. The molecule has 10 heteroatoms. The largest absolute Gasteiger partial charge is 0.393 e. The van der Waals surface area contributed by atoms with Gasteiger partial charge >= 0.3 is 6.18 Å². The molecule has 0 aliphatic carbocycles. The average Bonchev–Trinajstić information content (AvgIpc) is 3.22. The van der Waals surface area contributed by atoms with E-state index in [-0.39, 0.29) is 18.7 Å². The number of anilines is 1. The van der Waals surface area contributed by atoms with Gasteiger partial charge in [0, 0.05) is 13.1 Å². The first-order valence-electron chi connectivity index (χ1n) is 9.34. The van der Waals surface area contributed by atoms with Crippen LogP contribution in [0.2, 0.25) is 0 Å². The Hall–Kier alpha value is -1.91. The number of nitrogens with one attached hydrogen (secondary N) is 2. The lowest BCUT2D eigenvalue weighted by atomic mass is 10.1. The Balaban J connectivity index is 1.92. The van der Waals surface area contributed by atoms with Crippen molar-refractivity contribution in [1.82, 2.24) is 5.32 Å². The number of halogens is 4.